The summed E-state index contributed by atoms with van der Waals surface area (Å²) >= 11 is 1.62. The second kappa shape index (κ2) is 12.0. The first-order chi connectivity index (χ1) is 21.8. The lowest BCUT2D eigenvalue weighted by molar-refractivity contribution is -0.135. The van der Waals surface area contributed by atoms with Crippen molar-refractivity contribution in [3.8, 4) is 21.8 Å². The molecule has 1 amide bonds. The molecule has 1 N–H and O–H groups in total. The molecule has 0 radical (unpaired) electrons. The lowest BCUT2D eigenvalue weighted by Crippen LogP contribution is -2.42. The third kappa shape index (κ3) is 5.40. The highest BCUT2D eigenvalue weighted by atomic mass is 32.1. The van der Waals surface area contributed by atoms with Gasteiger partial charge in [0.15, 0.2) is 5.82 Å². The number of rotatable bonds is 6. The van der Waals surface area contributed by atoms with Crippen LogP contribution in [0.5, 0.6) is 0 Å². The summed E-state index contributed by atoms with van der Waals surface area (Å²) in [7, 11) is 0. The molecule has 1 saturated heterocycles. The van der Waals surface area contributed by atoms with Gasteiger partial charge in [0.05, 0.1) is 56.8 Å². The van der Waals surface area contributed by atoms with Crippen molar-refractivity contribution in [1.82, 2.24) is 19.4 Å². The maximum absolute atomic E-state index is 16.3. The molecule has 45 heavy (non-hydrogen) atoms. The van der Waals surface area contributed by atoms with E-state index in [1.54, 1.807) is 26.9 Å². The van der Waals surface area contributed by atoms with E-state index in [0.29, 0.717) is 31.7 Å². The van der Waals surface area contributed by atoms with Crippen molar-refractivity contribution in [3.63, 3.8) is 0 Å². The summed E-state index contributed by atoms with van der Waals surface area (Å²) in [4.78, 5) is 38.1. The van der Waals surface area contributed by atoms with E-state index in [-0.39, 0.29) is 23.9 Å². The Morgan fingerprint density at radius 2 is 1.80 bits per heavy atom. The van der Waals surface area contributed by atoms with Crippen LogP contribution in [0.2, 0.25) is 0 Å². The van der Waals surface area contributed by atoms with Crippen molar-refractivity contribution < 1.29 is 23.8 Å². The summed E-state index contributed by atoms with van der Waals surface area (Å²) in [5.74, 6) is -2.12. The van der Waals surface area contributed by atoms with Crippen LogP contribution in [-0.2, 0) is 16.1 Å². The highest BCUT2D eigenvalue weighted by Crippen LogP contribution is 2.45. The molecule has 0 atom stereocenters. The van der Waals surface area contributed by atoms with Gasteiger partial charge in [0, 0.05) is 23.9 Å². The predicted octanol–water partition coefficient (Wildman–Crippen LogP) is 7.34. The molecule has 5 aromatic rings. The SMILES string of the molecule is Cc1nc(C)c(-c2ccc3cc(-c4c(C5CCCCC5)c5ccc(C(=O)O)c(F)c5n4CC(=O)N4CCOCC4)ccc3n2)s1. The number of amides is 1. The summed E-state index contributed by atoms with van der Waals surface area (Å²) in [5, 5.41) is 12.4. The molecule has 4 heterocycles. The maximum atomic E-state index is 16.3. The first-order valence-electron chi connectivity index (χ1n) is 15.6. The summed E-state index contributed by atoms with van der Waals surface area (Å²) in [6.07, 6.45) is 5.20. The number of aromatic carboxylic acids is 1. The Morgan fingerprint density at radius 3 is 2.51 bits per heavy atom. The van der Waals surface area contributed by atoms with Gasteiger partial charge in [0.25, 0.3) is 0 Å². The van der Waals surface area contributed by atoms with Gasteiger partial charge in [-0.3, -0.25) is 4.79 Å². The lowest BCUT2D eigenvalue weighted by atomic mass is 9.81. The number of aromatic nitrogens is 3. The minimum absolute atomic E-state index is 0.0994. The van der Waals surface area contributed by atoms with Crippen LogP contribution in [-0.4, -0.2) is 62.7 Å². The first-order valence-corrected chi connectivity index (χ1v) is 16.4. The normalized spacial score (nSPS) is 16.1. The smallest absolute Gasteiger partial charge is 0.338 e. The summed E-state index contributed by atoms with van der Waals surface area (Å²) < 4.78 is 23.5. The summed E-state index contributed by atoms with van der Waals surface area (Å²) in [6.45, 7) is 5.73. The van der Waals surface area contributed by atoms with E-state index in [9.17, 15) is 14.7 Å². The predicted molar refractivity (Wildman–Crippen MR) is 173 cm³/mol. The van der Waals surface area contributed by atoms with Crippen LogP contribution in [0.3, 0.4) is 0 Å². The van der Waals surface area contributed by atoms with E-state index in [4.69, 9.17) is 9.72 Å². The maximum Gasteiger partial charge on any atom is 0.338 e. The molecule has 3 aromatic heterocycles. The molecule has 8 nitrogen and oxygen atoms in total. The number of halogens is 1. The number of carbonyl (C=O) groups is 2. The molecular weight excluding hydrogens is 591 g/mol. The average Bonchev–Trinajstić information content (AvgIpc) is 3.57. The van der Waals surface area contributed by atoms with Crippen molar-refractivity contribution in [3.05, 3.63) is 70.1 Å². The molecule has 0 spiro atoms. The Balaban J connectivity index is 1.44. The Kier molecular flexibility index (Phi) is 7.87. The second-order valence-corrected chi connectivity index (χ2v) is 13.3. The van der Waals surface area contributed by atoms with Gasteiger partial charge in [-0.15, -0.1) is 11.3 Å². The fourth-order valence-electron chi connectivity index (χ4n) is 7.09. The minimum Gasteiger partial charge on any atom is -0.478 e. The third-order valence-electron chi connectivity index (χ3n) is 9.20. The number of pyridine rings is 1. The van der Waals surface area contributed by atoms with Gasteiger partial charge in [-0.1, -0.05) is 37.5 Å². The number of benzene rings is 2. The molecule has 232 valence electrons. The zero-order valence-electron chi connectivity index (χ0n) is 25.4. The molecule has 7 rings (SSSR count). The van der Waals surface area contributed by atoms with E-state index in [1.807, 2.05) is 38.1 Å². The Labute approximate surface area is 264 Å². The van der Waals surface area contributed by atoms with Crippen molar-refractivity contribution in [2.75, 3.05) is 26.3 Å². The standard InChI is InChI=1S/C35H35FN4O4S/c1-20-34(45-21(2)37-20)28-13-8-23-18-24(9-12-27(23)38-28)32-30(22-6-4-3-5-7-22)25-10-11-26(35(42)43)31(36)33(25)40(32)19-29(41)39-14-16-44-17-15-39/h8-13,18,22H,3-7,14-17,19H2,1-2H3,(H,42,43). The fourth-order valence-corrected chi connectivity index (χ4v) is 7.98. The second-order valence-electron chi connectivity index (χ2n) is 12.1. The molecule has 0 bridgehead atoms. The minimum atomic E-state index is -1.33. The molecule has 2 aromatic carbocycles. The van der Waals surface area contributed by atoms with Crippen molar-refractivity contribution in [1.29, 1.82) is 0 Å². The van der Waals surface area contributed by atoms with Crippen LogP contribution in [0.25, 0.3) is 43.6 Å². The zero-order chi connectivity index (χ0) is 31.2. The molecule has 10 heteroatoms. The molecular formula is C35H35FN4O4S. The Hall–Kier alpha value is -4.15. The van der Waals surface area contributed by atoms with E-state index in [2.05, 4.69) is 11.1 Å². The van der Waals surface area contributed by atoms with Crippen LogP contribution >= 0.6 is 11.3 Å². The van der Waals surface area contributed by atoms with Crippen LogP contribution in [0.4, 0.5) is 4.39 Å². The molecule has 2 aliphatic rings. The van der Waals surface area contributed by atoms with Crippen molar-refractivity contribution in [2.45, 2.75) is 58.4 Å². The van der Waals surface area contributed by atoms with Crippen LogP contribution in [0, 0.1) is 19.7 Å². The number of morpholine rings is 1. The molecule has 1 aliphatic heterocycles. The number of aryl methyl sites for hydroxylation is 2. The largest absolute Gasteiger partial charge is 0.478 e. The van der Waals surface area contributed by atoms with Crippen LogP contribution < -0.4 is 0 Å². The number of hydrogen-bond acceptors (Lipinski definition) is 6. The van der Waals surface area contributed by atoms with Gasteiger partial charge in [-0.2, -0.15) is 0 Å². The number of carboxylic acids is 1. The van der Waals surface area contributed by atoms with E-state index >= 15 is 4.39 Å². The summed E-state index contributed by atoms with van der Waals surface area (Å²) in [6, 6.07) is 13.2. The Morgan fingerprint density at radius 1 is 1.02 bits per heavy atom. The molecule has 1 aliphatic carbocycles. The number of carboxylic acid groups (broad SMARTS) is 1. The quantitative estimate of drug-likeness (QED) is 0.212. The highest BCUT2D eigenvalue weighted by molar-refractivity contribution is 7.15. The molecule has 1 saturated carbocycles. The fraction of sp³-hybridized carbons (Fsp3) is 0.371. The lowest BCUT2D eigenvalue weighted by Gasteiger charge is -2.28. The number of carbonyl (C=O) groups excluding carboxylic acids is 1. The van der Waals surface area contributed by atoms with E-state index in [1.165, 1.54) is 6.07 Å². The zero-order valence-corrected chi connectivity index (χ0v) is 26.3. The number of fused-ring (bicyclic) bond motifs is 2. The topological polar surface area (TPSA) is 97.5 Å². The van der Waals surface area contributed by atoms with Gasteiger partial charge < -0.3 is 19.3 Å². The average molecular weight is 627 g/mol. The van der Waals surface area contributed by atoms with Gasteiger partial charge in [-0.25, -0.2) is 19.2 Å². The highest BCUT2D eigenvalue weighted by Gasteiger charge is 2.31. The van der Waals surface area contributed by atoms with E-state index < -0.39 is 17.3 Å². The Bertz CT molecular complexity index is 1950. The number of ether oxygens (including phenoxy) is 1. The van der Waals surface area contributed by atoms with Crippen molar-refractivity contribution >= 4 is 45.0 Å². The van der Waals surface area contributed by atoms with Gasteiger partial charge in [-0.05, 0) is 68.0 Å². The molecule has 2 fully saturated rings. The number of hydrogen-bond donors (Lipinski definition) is 1. The third-order valence-corrected chi connectivity index (χ3v) is 10.3. The van der Waals surface area contributed by atoms with Crippen molar-refractivity contribution in [2.24, 2.45) is 0 Å². The van der Waals surface area contributed by atoms with Gasteiger partial charge >= 0.3 is 5.97 Å². The van der Waals surface area contributed by atoms with E-state index in [0.717, 1.165) is 81.1 Å². The monoisotopic (exact) mass is 626 g/mol. The van der Waals surface area contributed by atoms with Gasteiger partial charge in [0.2, 0.25) is 5.91 Å². The van der Waals surface area contributed by atoms with Crippen LogP contribution in [0.15, 0.2) is 42.5 Å². The number of thiazole rings is 1. The first kappa shape index (κ1) is 29.6. The summed E-state index contributed by atoms with van der Waals surface area (Å²) in [5.41, 5.74) is 5.05. The van der Waals surface area contributed by atoms with Gasteiger partial charge in [0.1, 0.15) is 6.54 Å². The number of nitrogens with zero attached hydrogens (tertiary/aromatic N) is 4. The van der Waals surface area contributed by atoms with Crippen LogP contribution in [0.1, 0.15) is 64.6 Å². The molecule has 0 unspecified atom stereocenters.